The van der Waals surface area contributed by atoms with Gasteiger partial charge in [-0.15, -0.1) is 0 Å². The van der Waals surface area contributed by atoms with Crippen LogP contribution in [0.2, 0.25) is 0 Å². The van der Waals surface area contributed by atoms with Crippen molar-refractivity contribution in [3.8, 4) is 11.5 Å². The number of likely N-dealkylation sites (N-methyl/N-ethyl adjacent to an activating group) is 2. The molecule has 182 valence electrons. The number of carbonyl (C=O) groups is 3. The molecule has 1 aliphatic rings. The van der Waals surface area contributed by atoms with E-state index in [1.807, 2.05) is 30.0 Å². The highest BCUT2D eigenvalue weighted by Crippen LogP contribution is 2.40. The topological polar surface area (TPSA) is 91.4 Å². The molecule has 2 aromatic carbocycles. The summed E-state index contributed by atoms with van der Waals surface area (Å²) in [6, 6.07) is 12.6. The Hall–Kier alpha value is -3.75. The van der Waals surface area contributed by atoms with E-state index in [-0.39, 0.29) is 24.3 Å². The van der Waals surface area contributed by atoms with E-state index in [1.54, 1.807) is 64.3 Å². The number of hydrogen-bond acceptors (Lipinski definition) is 6. The monoisotopic (exact) mass is 468 g/mol. The summed E-state index contributed by atoms with van der Waals surface area (Å²) in [6.07, 6.45) is -1.25. The summed E-state index contributed by atoms with van der Waals surface area (Å²) in [7, 11) is 6.63. The van der Waals surface area contributed by atoms with Gasteiger partial charge in [0.1, 0.15) is 6.17 Å². The Kier molecular flexibility index (Phi) is 7.65. The van der Waals surface area contributed by atoms with E-state index >= 15 is 0 Å². The lowest BCUT2D eigenvalue weighted by Gasteiger charge is -2.44. The molecular weight excluding hydrogens is 436 g/mol. The molecule has 0 aromatic heterocycles. The van der Waals surface area contributed by atoms with Gasteiger partial charge in [0.15, 0.2) is 17.6 Å². The number of carbonyl (C=O) groups excluding carboxylic acids is 3. The number of anilines is 1. The van der Waals surface area contributed by atoms with Gasteiger partial charge in [-0.25, -0.2) is 0 Å². The first-order valence-electron chi connectivity index (χ1n) is 11.2. The van der Waals surface area contributed by atoms with Gasteiger partial charge in [-0.1, -0.05) is 18.2 Å². The molecule has 1 aliphatic heterocycles. The van der Waals surface area contributed by atoms with Gasteiger partial charge in [0.05, 0.1) is 24.4 Å². The fourth-order valence-electron chi connectivity index (χ4n) is 4.01. The van der Waals surface area contributed by atoms with Crippen LogP contribution in [0.3, 0.4) is 0 Å². The van der Waals surface area contributed by atoms with E-state index in [0.29, 0.717) is 29.4 Å². The molecule has 2 atom stereocenters. The molecule has 0 radical (unpaired) electrons. The zero-order valence-electron chi connectivity index (χ0n) is 20.5. The van der Waals surface area contributed by atoms with Crippen molar-refractivity contribution in [2.45, 2.75) is 26.1 Å². The molecule has 0 saturated heterocycles. The molecule has 0 fully saturated rings. The summed E-state index contributed by atoms with van der Waals surface area (Å²) in [4.78, 5) is 42.8. The zero-order valence-corrected chi connectivity index (χ0v) is 20.5. The molecule has 9 nitrogen and oxygen atoms in total. The van der Waals surface area contributed by atoms with Gasteiger partial charge >= 0.3 is 0 Å². The van der Waals surface area contributed by atoms with E-state index in [4.69, 9.17) is 9.47 Å². The minimum absolute atomic E-state index is 0.0619. The number of hydrogen-bond donors (Lipinski definition) is 1. The highest BCUT2D eigenvalue weighted by molar-refractivity contribution is 6.02. The molecule has 2 unspecified atom stereocenters. The summed E-state index contributed by atoms with van der Waals surface area (Å²) in [5, 5.41) is 2.66. The Morgan fingerprint density at radius 2 is 1.85 bits per heavy atom. The number of para-hydroxylation sites is 1. The molecule has 0 aliphatic carbocycles. The number of rotatable bonds is 8. The third kappa shape index (κ3) is 4.93. The van der Waals surface area contributed by atoms with Crippen LogP contribution < -0.4 is 19.7 Å². The first kappa shape index (κ1) is 24.9. The number of nitrogens with one attached hydrogen (secondary N) is 1. The van der Waals surface area contributed by atoms with E-state index in [2.05, 4.69) is 5.32 Å². The molecule has 0 spiro atoms. The normalized spacial score (nSPS) is 15.9. The van der Waals surface area contributed by atoms with Gasteiger partial charge < -0.3 is 29.5 Å². The molecule has 9 heteroatoms. The summed E-state index contributed by atoms with van der Waals surface area (Å²) in [6.45, 7) is 3.99. The van der Waals surface area contributed by atoms with Gasteiger partial charge in [0.2, 0.25) is 5.91 Å². The van der Waals surface area contributed by atoms with Crippen LogP contribution in [-0.4, -0.2) is 75.0 Å². The average molecular weight is 469 g/mol. The lowest BCUT2D eigenvalue weighted by molar-refractivity contribution is -0.135. The van der Waals surface area contributed by atoms with Crippen LogP contribution in [0, 0.1) is 0 Å². The molecule has 3 amide bonds. The van der Waals surface area contributed by atoms with Gasteiger partial charge in [-0.05, 0) is 43.7 Å². The van der Waals surface area contributed by atoms with Crippen LogP contribution in [0.4, 0.5) is 5.69 Å². The van der Waals surface area contributed by atoms with E-state index in [1.165, 1.54) is 4.90 Å². The number of fused-ring (bicyclic) bond motifs is 1. The van der Waals surface area contributed by atoms with E-state index in [9.17, 15) is 14.4 Å². The fourth-order valence-corrected chi connectivity index (χ4v) is 4.01. The zero-order chi connectivity index (χ0) is 25.0. The largest absolute Gasteiger partial charge is 0.490 e. The van der Waals surface area contributed by atoms with Gasteiger partial charge in [-0.3, -0.25) is 14.4 Å². The SMILES string of the molecule is CCOc1cc(C2N(C)C(=O)c3ccccc3N2CC(=O)NC)ccc1OC(C)C(=O)N(C)C. The number of ether oxygens (including phenoxy) is 2. The predicted octanol–water partition coefficient (Wildman–Crippen LogP) is 2.28. The fraction of sp³-hybridized carbons (Fsp3) is 0.400. The van der Waals surface area contributed by atoms with E-state index in [0.717, 1.165) is 5.56 Å². The number of benzene rings is 2. The summed E-state index contributed by atoms with van der Waals surface area (Å²) in [5.74, 6) is 0.396. The molecule has 0 saturated carbocycles. The molecule has 34 heavy (non-hydrogen) atoms. The maximum absolute atomic E-state index is 13.2. The lowest BCUT2D eigenvalue weighted by atomic mass is 10.0. The summed E-state index contributed by atoms with van der Waals surface area (Å²) < 4.78 is 11.7. The Morgan fingerprint density at radius 1 is 1.15 bits per heavy atom. The van der Waals surface area contributed by atoms with Crippen molar-refractivity contribution < 1.29 is 23.9 Å². The van der Waals surface area contributed by atoms with Crippen LogP contribution in [0.1, 0.15) is 35.9 Å². The average Bonchev–Trinajstić information content (AvgIpc) is 2.83. The van der Waals surface area contributed by atoms with Crippen molar-refractivity contribution in [2.24, 2.45) is 0 Å². The summed E-state index contributed by atoms with van der Waals surface area (Å²) in [5.41, 5.74) is 1.96. The minimum atomic E-state index is -0.699. The van der Waals surface area contributed by atoms with Crippen LogP contribution in [0.5, 0.6) is 11.5 Å². The van der Waals surface area contributed by atoms with Crippen LogP contribution >= 0.6 is 0 Å². The van der Waals surface area contributed by atoms with Gasteiger partial charge in [0.25, 0.3) is 11.8 Å². The third-order valence-electron chi connectivity index (χ3n) is 5.68. The minimum Gasteiger partial charge on any atom is -0.490 e. The quantitative estimate of drug-likeness (QED) is 0.639. The van der Waals surface area contributed by atoms with Crippen LogP contribution in [-0.2, 0) is 9.59 Å². The first-order valence-corrected chi connectivity index (χ1v) is 11.2. The Balaban J connectivity index is 2.05. The maximum atomic E-state index is 13.2. The van der Waals surface area contributed by atoms with Gasteiger partial charge in [-0.2, -0.15) is 0 Å². The lowest BCUT2D eigenvalue weighted by Crippen LogP contribution is -2.50. The van der Waals surface area contributed by atoms with E-state index < -0.39 is 12.3 Å². The second-order valence-corrected chi connectivity index (χ2v) is 8.24. The Labute approximate surface area is 200 Å². The second-order valence-electron chi connectivity index (χ2n) is 8.24. The van der Waals surface area contributed by atoms with Crippen molar-refractivity contribution in [1.29, 1.82) is 0 Å². The highest BCUT2D eigenvalue weighted by Gasteiger charge is 2.37. The number of nitrogens with zero attached hydrogens (tertiary/aromatic N) is 3. The molecule has 1 heterocycles. The Bertz CT molecular complexity index is 1070. The highest BCUT2D eigenvalue weighted by atomic mass is 16.5. The van der Waals surface area contributed by atoms with Crippen molar-refractivity contribution in [1.82, 2.24) is 15.1 Å². The Morgan fingerprint density at radius 3 is 2.50 bits per heavy atom. The molecule has 3 rings (SSSR count). The third-order valence-corrected chi connectivity index (χ3v) is 5.68. The predicted molar refractivity (Wildman–Crippen MR) is 129 cm³/mol. The van der Waals surface area contributed by atoms with Crippen LogP contribution in [0.15, 0.2) is 42.5 Å². The van der Waals surface area contributed by atoms with Crippen LogP contribution in [0.25, 0.3) is 0 Å². The molecular formula is C25H32N4O5. The van der Waals surface area contributed by atoms with Crippen molar-refractivity contribution >= 4 is 23.4 Å². The number of amides is 3. The van der Waals surface area contributed by atoms with Crippen molar-refractivity contribution in [3.63, 3.8) is 0 Å². The smallest absolute Gasteiger partial charge is 0.262 e. The van der Waals surface area contributed by atoms with Crippen molar-refractivity contribution in [2.75, 3.05) is 46.2 Å². The standard InChI is InChI=1S/C25H32N4O5/c1-7-33-21-14-17(12-13-20(21)34-16(2)24(31)27(4)5)23-28(6)25(32)18-10-8-9-11-19(18)29(23)15-22(30)26-3/h8-14,16,23H,7,15H2,1-6H3,(H,26,30). The summed E-state index contributed by atoms with van der Waals surface area (Å²) >= 11 is 0. The molecule has 0 bridgehead atoms. The van der Waals surface area contributed by atoms with Crippen molar-refractivity contribution in [3.05, 3.63) is 53.6 Å². The molecule has 1 N–H and O–H groups in total. The van der Waals surface area contributed by atoms with Gasteiger partial charge in [0, 0.05) is 28.2 Å². The molecule has 2 aromatic rings. The first-order chi connectivity index (χ1) is 16.2. The second kappa shape index (κ2) is 10.5. The maximum Gasteiger partial charge on any atom is 0.262 e.